The molecule has 15 heavy (non-hydrogen) atoms. The monoisotopic (exact) mass is 269 g/mol. The van der Waals surface area contributed by atoms with Crippen molar-refractivity contribution >= 4 is 21.7 Å². The minimum atomic E-state index is 0.694. The van der Waals surface area contributed by atoms with E-state index in [4.69, 9.17) is 10.2 Å². The molecule has 0 saturated carbocycles. The average molecular weight is 270 g/mol. The lowest BCUT2D eigenvalue weighted by Crippen LogP contribution is -1.98. The summed E-state index contributed by atoms with van der Waals surface area (Å²) in [5, 5.41) is 4.34. The van der Waals surface area contributed by atoms with E-state index in [9.17, 15) is 0 Å². The van der Waals surface area contributed by atoms with Crippen LogP contribution in [0.15, 0.2) is 21.2 Å². The van der Waals surface area contributed by atoms with Gasteiger partial charge in [-0.3, -0.25) is 4.68 Å². The van der Waals surface area contributed by atoms with Crippen LogP contribution in [0.5, 0.6) is 0 Å². The van der Waals surface area contributed by atoms with Crippen molar-refractivity contribution in [3.8, 4) is 11.5 Å². The quantitative estimate of drug-likeness (QED) is 0.912. The molecule has 4 nitrogen and oxygen atoms in total. The van der Waals surface area contributed by atoms with E-state index in [0.717, 1.165) is 23.4 Å². The number of nitrogen functional groups attached to an aromatic ring is 1. The van der Waals surface area contributed by atoms with Crippen LogP contribution in [0.4, 0.5) is 5.82 Å². The highest BCUT2D eigenvalue weighted by atomic mass is 79.9. The third-order valence-electron chi connectivity index (χ3n) is 2.35. The number of anilines is 1. The van der Waals surface area contributed by atoms with Gasteiger partial charge in [0, 0.05) is 12.6 Å². The molecule has 0 spiro atoms. The van der Waals surface area contributed by atoms with Crippen molar-refractivity contribution in [1.29, 1.82) is 0 Å². The summed E-state index contributed by atoms with van der Waals surface area (Å²) >= 11 is 3.27. The first-order valence-electron chi connectivity index (χ1n) is 4.70. The number of rotatable bonds is 2. The molecular formula is C10H12BrN3O. The molecule has 0 aliphatic heterocycles. The number of hydrogen-bond acceptors (Lipinski definition) is 3. The van der Waals surface area contributed by atoms with Crippen molar-refractivity contribution in [3.05, 3.63) is 22.4 Å². The van der Waals surface area contributed by atoms with Gasteiger partial charge >= 0.3 is 0 Å². The molecular weight excluding hydrogens is 258 g/mol. The lowest BCUT2D eigenvalue weighted by molar-refractivity contribution is 0.551. The van der Waals surface area contributed by atoms with E-state index in [0.29, 0.717) is 10.5 Å². The molecule has 0 aliphatic rings. The third-order valence-corrected chi connectivity index (χ3v) is 2.78. The first kappa shape index (κ1) is 10.3. The number of hydrogen-bond donors (Lipinski definition) is 1. The molecule has 2 rings (SSSR count). The van der Waals surface area contributed by atoms with Crippen molar-refractivity contribution < 1.29 is 4.42 Å². The normalized spacial score (nSPS) is 10.9. The predicted octanol–water partition coefficient (Wildman–Crippen LogP) is 2.59. The van der Waals surface area contributed by atoms with Crippen LogP contribution in [-0.2, 0) is 13.5 Å². The zero-order chi connectivity index (χ0) is 11.0. The number of aryl methyl sites for hydroxylation is 1. The van der Waals surface area contributed by atoms with Gasteiger partial charge in [0.15, 0.2) is 10.4 Å². The second-order valence-electron chi connectivity index (χ2n) is 3.29. The number of nitrogens with zero attached hydrogens (tertiary/aromatic N) is 2. The van der Waals surface area contributed by atoms with Crippen LogP contribution in [0.3, 0.4) is 0 Å². The summed E-state index contributed by atoms with van der Waals surface area (Å²) < 4.78 is 7.83. The smallest absolute Gasteiger partial charge is 0.169 e. The highest BCUT2D eigenvalue weighted by Crippen LogP contribution is 2.29. The topological polar surface area (TPSA) is 57.0 Å². The molecule has 0 aliphatic carbocycles. The molecule has 0 fully saturated rings. The molecule has 2 heterocycles. The number of furan rings is 1. The maximum absolute atomic E-state index is 5.91. The van der Waals surface area contributed by atoms with E-state index in [1.165, 1.54) is 0 Å². The van der Waals surface area contributed by atoms with Gasteiger partial charge in [-0.1, -0.05) is 6.92 Å². The van der Waals surface area contributed by atoms with Gasteiger partial charge in [0.2, 0.25) is 0 Å². The summed E-state index contributed by atoms with van der Waals surface area (Å²) in [4.78, 5) is 0. The van der Waals surface area contributed by atoms with Crippen LogP contribution in [0.25, 0.3) is 11.5 Å². The Morgan fingerprint density at radius 2 is 2.27 bits per heavy atom. The molecule has 0 atom stereocenters. The largest absolute Gasteiger partial charge is 0.448 e. The predicted molar refractivity (Wildman–Crippen MR) is 62.4 cm³/mol. The van der Waals surface area contributed by atoms with E-state index in [1.807, 2.05) is 19.2 Å². The van der Waals surface area contributed by atoms with Crippen molar-refractivity contribution in [1.82, 2.24) is 9.78 Å². The van der Waals surface area contributed by atoms with Crippen molar-refractivity contribution in [3.63, 3.8) is 0 Å². The fourth-order valence-corrected chi connectivity index (χ4v) is 1.88. The second kappa shape index (κ2) is 3.73. The van der Waals surface area contributed by atoms with E-state index in [1.54, 1.807) is 4.68 Å². The van der Waals surface area contributed by atoms with Gasteiger partial charge in [-0.05, 0) is 34.5 Å². The maximum atomic E-state index is 5.91. The Morgan fingerprint density at radius 1 is 1.53 bits per heavy atom. The number of halogens is 1. The number of aromatic nitrogens is 2. The lowest BCUT2D eigenvalue weighted by atomic mass is 10.1. The van der Waals surface area contributed by atoms with Crippen LogP contribution in [-0.4, -0.2) is 9.78 Å². The second-order valence-corrected chi connectivity index (χ2v) is 4.07. The summed E-state index contributed by atoms with van der Waals surface area (Å²) in [6.07, 6.45) is 0.841. The molecule has 0 bridgehead atoms. The van der Waals surface area contributed by atoms with E-state index >= 15 is 0 Å². The van der Waals surface area contributed by atoms with Crippen molar-refractivity contribution in [2.45, 2.75) is 13.3 Å². The molecule has 0 saturated heterocycles. The summed E-state index contributed by atoms with van der Waals surface area (Å²) in [6.45, 7) is 2.05. The van der Waals surface area contributed by atoms with Gasteiger partial charge in [0.1, 0.15) is 11.5 Å². The van der Waals surface area contributed by atoms with E-state index in [-0.39, 0.29) is 0 Å². The highest BCUT2D eigenvalue weighted by Gasteiger charge is 2.16. The Morgan fingerprint density at radius 3 is 2.80 bits per heavy atom. The van der Waals surface area contributed by atoms with Gasteiger partial charge in [-0.2, -0.15) is 5.10 Å². The molecule has 2 aromatic heterocycles. The summed E-state index contributed by atoms with van der Waals surface area (Å²) in [5.41, 5.74) is 7.75. The van der Waals surface area contributed by atoms with Crippen LogP contribution < -0.4 is 5.73 Å². The lowest BCUT2D eigenvalue weighted by Gasteiger charge is -1.96. The molecule has 2 aromatic rings. The summed E-state index contributed by atoms with van der Waals surface area (Å²) in [5.74, 6) is 1.44. The maximum Gasteiger partial charge on any atom is 0.169 e. The van der Waals surface area contributed by atoms with Crippen LogP contribution in [0, 0.1) is 0 Å². The van der Waals surface area contributed by atoms with Crippen LogP contribution in [0.1, 0.15) is 12.5 Å². The van der Waals surface area contributed by atoms with E-state index in [2.05, 4.69) is 28.0 Å². The van der Waals surface area contributed by atoms with Gasteiger partial charge in [0.05, 0.1) is 0 Å². The Balaban J connectivity index is 2.57. The average Bonchev–Trinajstić information content (AvgIpc) is 2.73. The number of nitrogens with two attached hydrogens (primary N) is 1. The van der Waals surface area contributed by atoms with Crippen LogP contribution in [0.2, 0.25) is 0 Å². The van der Waals surface area contributed by atoms with Gasteiger partial charge in [-0.25, -0.2) is 0 Å². The minimum Gasteiger partial charge on any atom is -0.448 e. The van der Waals surface area contributed by atoms with Crippen molar-refractivity contribution in [2.24, 2.45) is 7.05 Å². The van der Waals surface area contributed by atoms with Gasteiger partial charge < -0.3 is 10.2 Å². The fourth-order valence-electron chi connectivity index (χ4n) is 1.57. The van der Waals surface area contributed by atoms with Gasteiger partial charge in [-0.15, -0.1) is 0 Å². The first-order chi connectivity index (χ1) is 7.13. The van der Waals surface area contributed by atoms with Crippen molar-refractivity contribution in [2.75, 3.05) is 5.73 Å². The van der Waals surface area contributed by atoms with Gasteiger partial charge in [0.25, 0.3) is 0 Å². The SMILES string of the molecule is CCc1c(-c2ccc(Br)o2)nn(C)c1N. The molecule has 2 N–H and O–H groups in total. The zero-order valence-corrected chi connectivity index (χ0v) is 10.2. The van der Waals surface area contributed by atoms with E-state index < -0.39 is 0 Å². The Labute approximate surface area is 96.2 Å². The molecule has 0 unspecified atom stereocenters. The first-order valence-corrected chi connectivity index (χ1v) is 5.49. The molecule has 5 heteroatoms. The molecule has 0 aromatic carbocycles. The third kappa shape index (κ3) is 1.67. The standard InChI is InChI=1S/C10H12BrN3O/c1-3-6-9(13-14(2)10(6)12)7-4-5-8(11)15-7/h4-5H,3,12H2,1-2H3. The highest BCUT2D eigenvalue weighted by molar-refractivity contribution is 9.10. The Kier molecular flexibility index (Phi) is 2.56. The minimum absolute atomic E-state index is 0.694. The molecule has 0 radical (unpaired) electrons. The fraction of sp³-hybridized carbons (Fsp3) is 0.300. The summed E-state index contributed by atoms with van der Waals surface area (Å²) in [7, 11) is 1.83. The molecule has 80 valence electrons. The summed E-state index contributed by atoms with van der Waals surface area (Å²) in [6, 6.07) is 3.73. The van der Waals surface area contributed by atoms with Crippen LogP contribution >= 0.6 is 15.9 Å². The Hall–Kier alpha value is -1.23. The Bertz CT molecular complexity index is 487. The zero-order valence-electron chi connectivity index (χ0n) is 8.62. The molecule has 0 amide bonds.